The van der Waals surface area contributed by atoms with Gasteiger partial charge in [0.1, 0.15) is 5.82 Å². The molecule has 0 saturated carbocycles. The van der Waals surface area contributed by atoms with Crippen molar-refractivity contribution in [2.75, 3.05) is 50.0 Å². The summed E-state index contributed by atoms with van der Waals surface area (Å²) in [6.45, 7) is 9.73. The predicted octanol–water partition coefficient (Wildman–Crippen LogP) is 1.04. The van der Waals surface area contributed by atoms with E-state index in [1.165, 1.54) is 0 Å². The third kappa shape index (κ3) is 4.65. The first-order valence-corrected chi connectivity index (χ1v) is 6.91. The zero-order valence-electron chi connectivity index (χ0n) is 11.7. The van der Waals surface area contributed by atoms with E-state index in [0.29, 0.717) is 12.0 Å². The summed E-state index contributed by atoms with van der Waals surface area (Å²) in [6, 6.07) is 2.25. The van der Waals surface area contributed by atoms with Crippen molar-refractivity contribution in [2.45, 2.75) is 19.9 Å². The zero-order valence-corrected chi connectivity index (χ0v) is 11.7. The van der Waals surface area contributed by atoms with Gasteiger partial charge in [-0.15, -0.1) is 0 Å². The van der Waals surface area contributed by atoms with E-state index in [0.717, 1.165) is 45.2 Å². The fourth-order valence-electron chi connectivity index (χ4n) is 2.15. The molecule has 0 aliphatic carbocycles. The minimum atomic E-state index is 0.350. The van der Waals surface area contributed by atoms with E-state index in [-0.39, 0.29) is 0 Å². The Morgan fingerprint density at radius 3 is 2.95 bits per heavy atom. The van der Waals surface area contributed by atoms with Crippen molar-refractivity contribution in [3.63, 3.8) is 0 Å². The lowest BCUT2D eigenvalue weighted by atomic mass is 10.3. The van der Waals surface area contributed by atoms with Crippen molar-refractivity contribution in [1.29, 1.82) is 0 Å². The van der Waals surface area contributed by atoms with Crippen LogP contribution in [0.25, 0.3) is 0 Å². The number of hydrogen-bond acceptors (Lipinski definition) is 6. The lowest BCUT2D eigenvalue weighted by Crippen LogP contribution is -2.42. The number of rotatable bonds is 6. The number of anilines is 2. The quantitative estimate of drug-likeness (QED) is 0.801. The molecule has 0 spiro atoms. The van der Waals surface area contributed by atoms with Gasteiger partial charge in [-0.25, -0.2) is 4.98 Å². The van der Waals surface area contributed by atoms with Crippen molar-refractivity contribution in [3.8, 4) is 0 Å². The molecule has 19 heavy (non-hydrogen) atoms. The molecule has 0 aromatic carbocycles. The number of nitrogens with zero attached hydrogens (tertiary/aromatic N) is 3. The molecule has 0 radical (unpaired) electrons. The number of nitrogens with one attached hydrogen (secondary N) is 2. The highest BCUT2D eigenvalue weighted by Gasteiger charge is 2.13. The Balaban J connectivity index is 1.83. The molecule has 2 N–H and O–H groups in total. The largest absolute Gasteiger partial charge is 0.379 e. The summed E-state index contributed by atoms with van der Waals surface area (Å²) in [7, 11) is 0. The topological polar surface area (TPSA) is 62.3 Å². The van der Waals surface area contributed by atoms with Gasteiger partial charge < -0.3 is 15.4 Å². The molecule has 1 aliphatic heterocycles. The first kappa shape index (κ1) is 14.0. The Kier molecular flexibility index (Phi) is 5.35. The lowest BCUT2D eigenvalue weighted by Gasteiger charge is -2.29. The first-order chi connectivity index (χ1) is 9.28. The summed E-state index contributed by atoms with van der Waals surface area (Å²) in [5.74, 6) is 1.54. The third-order valence-corrected chi connectivity index (χ3v) is 3.02. The second-order valence-corrected chi connectivity index (χ2v) is 4.75. The molecule has 1 unspecified atom stereocenters. The monoisotopic (exact) mass is 265 g/mol. The number of morpholine rings is 1. The normalized spacial score (nSPS) is 18.0. The second kappa shape index (κ2) is 7.25. The predicted molar refractivity (Wildman–Crippen MR) is 76.5 cm³/mol. The van der Waals surface area contributed by atoms with E-state index in [9.17, 15) is 0 Å². The van der Waals surface area contributed by atoms with Gasteiger partial charge in [0.15, 0.2) is 0 Å². The molecule has 2 heterocycles. The highest BCUT2D eigenvalue weighted by molar-refractivity contribution is 5.40. The van der Waals surface area contributed by atoms with Crippen molar-refractivity contribution in [3.05, 3.63) is 12.3 Å². The number of ether oxygens (including phenoxy) is 1. The summed E-state index contributed by atoms with van der Waals surface area (Å²) in [5.41, 5.74) is 0. The molecule has 6 nitrogen and oxygen atoms in total. The van der Waals surface area contributed by atoms with Crippen molar-refractivity contribution < 1.29 is 4.74 Å². The van der Waals surface area contributed by atoms with Gasteiger partial charge in [-0.3, -0.25) is 4.90 Å². The SMILES string of the molecule is CCNc1nccc(NC(C)CN2CCOCC2)n1. The minimum absolute atomic E-state index is 0.350. The van der Waals surface area contributed by atoms with Crippen LogP contribution in [-0.2, 0) is 4.74 Å². The van der Waals surface area contributed by atoms with Crippen LogP contribution in [0.3, 0.4) is 0 Å². The second-order valence-electron chi connectivity index (χ2n) is 4.75. The van der Waals surface area contributed by atoms with Crippen molar-refractivity contribution in [2.24, 2.45) is 0 Å². The van der Waals surface area contributed by atoms with Gasteiger partial charge in [-0.05, 0) is 19.9 Å². The molecule has 1 aromatic heterocycles. The van der Waals surface area contributed by atoms with Crippen LogP contribution in [-0.4, -0.2) is 60.3 Å². The maximum atomic E-state index is 5.35. The van der Waals surface area contributed by atoms with Gasteiger partial charge in [-0.1, -0.05) is 0 Å². The Labute approximate surface area is 114 Å². The summed E-state index contributed by atoms with van der Waals surface area (Å²) >= 11 is 0. The molecule has 1 aliphatic rings. The first-order valence-electron chi connectivity index (χ1n) is 6.91. The Morgan fingerprint density at radius 2 is 2.21 bits per heavy atom. The molecule has 6 heteroatoms. The summed E-state index contributed by atoms with van der Waals surface area (Å²) < 4.78 is 5.35. The molecular formula is C13H23N5O. The minimum Gasteiger partial charge on any atom is -0.379 e. The highest BCUT2D eigenvalue weighted by atomic mass is 16.5. The fourth-order valence-corrected chi connectivity index (χ4v) is 2.15. The average Bonchev–Trinajstić information content (AvgIpc) is 2.40. The molecule has 0 amide bonds. The number of aromatic nitrogens is 2. The van der Waals surface area contributed by atoms with Gasteiger partial charge in [-0.2, -0.15) is 4.98 Å². The highest BCUT2D eigenvalue weighted by Crippen LogP contribution is 2.08. The maximum absolute atomic E-state index is 5.35. The van der Waals surface area contributed by atoms with Crippen LogP contribution in [0.1, 0.15) is 13.8 Å². The molecule has 2 rings (SSSR count). The Morgan fingerprint density at radius 1 is 1.42 bits per heavy atom. The Hall–Kier alpha value is -1.40. The molecule has 106 valence electrons. The van der Waals surface area contributed by atoms with Gasteiger partial charge in [0.05, 0.1) is 13.2 Å². The third-order valence-electron chi connectivity index (χ3n) is 3.02. The van der Waals surface area contributed by atoms with Gasteiger partial charge in [0.2, 0.25) is 5.95 Å². The van der Waals surface area contributed by atoms with Gasteiger partial charge in [0.25, 0.3) is 0 Å². The van der Waals surface area contributed by atoms with E-state index >= 15 is 0 Å². The molecule has 1 atom stereocenters. The van der Waals surface area contributed by atoms with E-state index in [4.69, 9.17) is 4.74 Å². The molecule has 0 bridgehead atoms. The molecule has 1 aromatic rings. The Bertz CT molecular complexity index is 381. The van der Waals surface area contributed by atoms with Crippen LogP contribution in [0.4, 0.5) is 11.8 Å². The molecule has 1 fully saturated rings. The standard InChI is InChI=1S/C13H23N5O/c1-3-14-13-15-5-4-12(17-13)16-11(2)10-18-6-8-19-9-7-18/h4-5,11H,3,6-10H2,1-2H3,(H2,14,15,16,17). The van der Waals surface area contributed by atoms with Crippen LogP contribution in [0.15, 0.2) is 12.3 Å². The van der Waals surface area contributed by atoms with Gasteiger partial charge in [0, 0.05) is 38.4 Å². The van der Waals surface area contributed by atoms with Gasteiger partial charge >= 0.3 is 0 Å². The van der Waals surface area contributed by atoms with E-state index < -0.39 is 0 Å². The maximum Gasteiger partial charge on any atom is 0.224 e. The van der Waals surface area contributed by atoms with Crippen molar-refractivity contribution in [1.82, 2.24) is 14.9 Å². The van der Waals surface area contributed by atoms with E-state index in [1.54, 1.807) is 6.20 Å². The van der Waals surface area contributed by atoms with Crippen LogP contribution < -0.4 is 10.6 Å². The van der Waals surface area contributed by atoms with Crippen molar-refractivity contribution >= 4 is 11.8 Å². The van der Waals surface area contributed by atoms with Crippen LogP contribution in [0.5, 0.6) is 0 Å². The summed E-state index contributed by atoms with van der Waals surface area (Å²) in [5, 5.41) is 6.53. The summed E-state index contributed by atoms with van der Waals surface area (Å²) in [6.07, 6.45) is 1.77. The zero-order chi connectivity index (χ0) is 13.5. The van der Waals surface area contributed by atoms with Crippen LogP contribution in [0, 0.1) is 0 Å². The number of hydrogen-bond donors (Lipinski definition) is 2. The smallest absolute Gasteiger partial charge is 0.224 e. The molecule has 1 saturated heterocycles. The average molecular weight is 265 g/mol. The summed E-state index contributed by atoms with van der Waals surface area (Å²) in [4.78, 5) is 11.0. The lowest BCUT2D eigenvalue weighted by molar-refractivity contribution is 0.0368. The van der Waals surface area contributed by atoms with Crippen LogP contribution >= 0.6 is 0 Å². The van der Waals surface area contributed by atoms with E-state index in [2.05, 4.69) is 32.4 Å². The van der Waals surface area contributed by atoms with E-state index in [1.807, 2.05) is 13.0 Å². The van der Waals surface area contributed by atoms with Crippen LogP contribution in [0.2, 0.25) is 0 Å². The fraction of sp³-hybridized carbons (Fsp3) is 0.692. The molecular weight excluding hydrogens is 242 g/mol.